The van der Waals surface area contributed by atoms with E-state index >= 15 is 0 Å². The molecule has 0 aliphatic rings. The van der Waals surface area contributed by atoms with Crippen LogP contribution < -0.4 is 5.32 Å². The highest BCUT2D eigenvalue weighted by molar-refractivity contribution is 5.29. The van der Waals surface area contributed by atoms with Crippen LogP contribution >= 0.6 is 0 Å². The Labute approximate surface area is 102 Å². The summed E-state index contributed by atoms with van der Waals surface area (Å²) < 4.78 is 1.90. The minimum atomic E-state index is 0.0856. The third kappa shape index (κ3) is 2.22. The van der Waals surface area contributed by atoms with Crippen LogP contribution in [0.15, 0.2) is 24.5 Å². The van der Waals surface area contributed by atoms with Gasteiger partial charge >= 0.3 is 0 Å². The van der Waals surface area contributed by atoms with Crippen LogP contribution in [0.3, 0.4) is 0 Å². The summed E-state index contributed by atoms with van der Waals surface area (Å²) in [5.41, 5.74) is 4.58. The lowest BCUT2D eigenvalue weighted by Gasteiger charge is -2.17. The molecule has 0 spiro atoms. The van der Waals surface area contributed by atoms with E-state index in [0.717, 1.165) is 11.4 Å². The van der Waals surface area contributed by atoms with E-state index in [1.807, 2.05) is 37.2 Å². The summed E-state index contributed by atoms with van der Waals surface area (Å²) in [6, 6.07) is 4.20. The van der Waals surface area contributed by atoms with Crippen molar-refractivity contribution in [3.05, 3.63) is 47.0 Å². The van der Waals surface area contributed by atoms with Crippen molar-refractivity contribution in [1.82, 2.24) is 20.1 Å². The van der Waals surface area contributed by atoms with Gasteiger partial charge in [-0.25, -0.2) is 0 Å². The standard InChI is InChI=1S/C13H18N4/c1-9-5-6-15-11(7-9)12(14-3)13-10(2)8-16-17(13)4/h5-8,12,14H,1-4H3. The minimum absolute atomic E-state index is 0.0856. The summed E-state index contributed by atoms with van der Waals surface area (Å²) in [6.45, 7) is 4.15. The molecule has 0 fully saturated rings. The van der Waals surface area contributed by atoms with E-state index in [1.54, 1.807) is 0 Å². The second kappa shape index (κ2) is 4.67. The van der Waals surface area contributed by atoms with Crippen molar-refractivity contribution >= 4 is 0 Å². The zero-order chi connectivity index (χ0) is 12.4. The Hall–Kier alpha value is -1.68. The number of pyridine rings is 1. The number of nitrogens with one attached hydrogen (secondary N) is 1. The molecule has 1 atom stereocenters. The molecule has 0 aliphatic carbocycles. The lowest BCUT2D eigenvalue weighted by Crippen LogP contribution is -2.22. The van der Waals surface area contributed by atoms with E-state index in [1.165, 1.54) is 11.1 Å². The minimum Gasteiger partial charge on any atom is -0.307 e. The van der Waals surface area contributed by atoms with E-state index in [-0.39, 0.29) is 6.04 Å². The van der Waals surface area contributed by atoms with Gasteiger partial charge in [0.05, 0.1) is 23.6 Å². The highest BCUT2D eigenvalue weighted by Crippen LogP contribution is 2.22. The zero-order valence-corrected chi connectivity index (χ0v) is 10.7. The highest BCUT2D eigenvalue weighted by Gasteiger charge is 2.19. The molecule has 0 saturated heterocycles. The predicted molar refractivity (Wildman–Crippen MR) is 67.8 cm³/mol. The first-order valence-electron chi connectivity index (χ1n) is 5.71. The number of nitrogens with zero attached hydrogens (tertiary/aromatic N) is 3. The molecule has 1 N–H and O–H groups in total. The highest BCUT2D eigenvalue weighted by atomic mass is 15.3. The zero-order valence-electron chi connectivity index (χ0n) is 10.7. The van der Waals surface area contributed by atoms with Gasteiger partial charge in [0.1, 0.15) is 0 Å². The molecule has 0 aliphatic heterocycles. The summed E-state index contributed by atoms with van der Waals surface area (Å²) >= 11 is 0. The second-order valence-electron chi connectivity index (χ2n) is 4.32. The van der Waals surface area contributed by atoms with Crippen molar-refractivity contribution in [2.24, 2.45) is 7.05 Å². The fraction of sp³-hybridized carbons (Fsp3) is 0.385. The van der Waals surface area contributed by atoms with E-state index in [0.29, 0.717) is 0 Å². The maximum atomic E-state index is 4.45. The first kappa shape index (κ1) is 11.8. The lowest BCUT2D eigenvalue weighted by atomic mass is 10.1. The topological polar surface area (TPSA) is 42.7 Å². The average molecular weight is 230 g/mol. The quantitative estimate of drug-likeness (QED) is 0.873. The number of rotatable bonds is 3. The second-order valence-corrected chi connectivity index (χ2v) is 4.32. The molecular formula is C13H18N4. The van der Waals surface area contributed by atoms with Gasteiger partial charge in [-0.1, -0.05) is 0 Å². The summed E-state index contributed by atoms with van der Waals surface area (Å²) in [4.78, 5) is 4.45. The van der Waals surface area contributed by atoms with Gasteiger partial charge in [-0.15, -0.1) is 0 Å². The van der Waals surface area contributed by atoms with Crippen LogP contribution in [0.2, 0.25) is 0 Å². The fourth-order valence-electron chi connectivity index (χ4n) is 2.11. The van der Waals surface area contributed by atoms with E-state index < -0.39 is 0 Å². The normalized spacial score (nSPS) is 12.7. The molecule has 17 heavy (non-hydrogen) atoms. The van der Waals surface area contributed by atoms with Gasteiger partial charge < -0.3 is 5.32 Å². The van der Waals surface area contributed by atoms with Crippen LogP contribution in [0.4, 0.5) is 0 Å². The summed E-state index contributed by atoms with van der Waals surface area (Å²) in [7, 11) is 3.91. The molecule has 2 aromatic heterocycles. The molecule has 4 heteroatoms. The Bertz CT molecular complexity index is 496. The molecule has 0 amide bonds. The molecule has 0 bridgehead atoms. The van der Waals surface area contributed by atoms with Crippen molar-refractivity contribution in [2.75, 3.05) is 7.05 Å². The first-order valence-corrected chi connectivity index (χ1v) is 5.71. The molecular weight excluding hydrogens is 212 g/mol. The maximum Gasteiger partial charge on any atom is 0.0922 e. The number of aryl methyl sites for hydroxylation is 3. The smallest absolute Gasteiger partial charge is 0.0922 e. The fourth-order valence-corrected chi connectivity index (χ4v) is 2.11. The van der Waals surface area contributed by atoms with Gasteiger partial charge in [-0.2, -0.15) is 5.10 Å². The van der Waals surface area contributed by atoms with Crippen molar-refractivity contribution in [3.8, 4) is 0 Å². The largest absolute Gasteiger partial charge is 0.307 e. The third-order valence-electron chi connectivity index (χ3n) is 2.97. The number of aromatic nitrogens is 3. The molecule has 90 valence electrons. The van der Waals surface area contributed by atoms with Crippen LogP contribution in [0.25, 0.3) is 0 Å². The number of hydrogen-bond donors (Lipinski definition) is 1. The predicted octanol–water partition coefficient (Wildman–Crippen LogP) is 1.74. The Balaban J connectivity index is 2.47. The van der Waals surface area contributed by atoms with Crippen molar-refractivity contribution < 1.29 is 0 Å². The Kier molecular flexibility index (Phi) is 3.24. The molecule has 0 radical (unpaired) electrons. The Morgan fingerprint density at radius 3 is 2.65 bits per heavy atom. The third-order valence-corrected chi connectivity index (χ3v) is 2.97. The molecule has 0 saturated carbocycles. The molecule has 0 aromatic carbocycles. The molecule has 2 heterocycles. The summed E-state index contributed by atoms with van der Waals surface area (Å²) in [5, 5.41) is 7.59. The van der Waals surface area contributed by atoms with Gasteiger partial charge in [-0.05, 0) is 44.2 Å². The van der Waals surface area contributed by atoms with E-state index in [4.69, 9.17) is 0 Å². The van der Waals surface area contributed by atoms with Gasteiger partial charge in [0, 0.05) is 13.2 Å². The van der Waals surface area contributed by atoms with Gasteiger partial charge in [0.25, 0.3) is 0 Å². The average Bonchev–Trinajstić information content (AvgIpc) is 2.62. The van der Waals surface area contributed by atoms with E-state index in [2.05, 4.69) is 35.3 Å². The van der Waals surface area contributed by atoms with Crippen molar-refractivity contribution in [1.29, 1.82) is 0 Å². The Morgan fingerprint density at radius 1 is 1.35 bits per heavy atom. The number of hydrogen-bond acceptors (Lipinski definition) is 3. The van der Waals surface area contributed by atoms with Crippen LogP contribution in [0.5, 0.6) is 0 Å². The first-order chi connectivity index (χ1) is 8.13. The summed E-state index contributed by atoms with van der Waals surface area (Å²) in [5.74, 6) is 0. The summed E-state index contributed by atoms with van der Waals surface area (Å²) in [6.07, 6.45) is 3.73. The maximum absolute atomic E-state index is 4.45. The van der Waals surface area contributed by atoms with Gasteiger partial charge in [-0.3, -0.25) is 9.67 Å². The molecule has 1 unspecified atom stereocenters. The van der Waals surface area contributed by atoms with Gasteiger partial charge in [0.15, 0.2) is 0 Å². The van der Waals surface area contributed by atoms with Crippen LogP contribution in [0.1, 0.15) is 28.6 Å². The van der Waals surface area contributed by atoms with Crippen molar-refractivity contribution in [3.63, 3.8) is 0 Å². The van der Waals surface area contributed by atoms with Crippen LogP contribution in [-0.2, 0) is 7.05 Å². The monoisotopic (exact) mass is 230 g/mol. The molecule has 4 nitrogen and oxygen atoms in total. The SMILES string of the molecule is CNC(c1cc(C)ccn1)c1c(C)cnn1C. The van der Waals surface area contributed by atoms with Crippen molar-refractivity contribution in [2.45, 2.75) is 19.9 Å². The molecule has 2 rings (SSSR count). The van der Waals surface area contributed by atoms with Crippen LogP contribution in [0, 0.1) is 13.8 Å². The lowest BCUT2D eigenvalue weighted by molar-refractivity contribution is 0.591. The van der Waals surface area contributed by atoms with E-state index in [9.17, 15) is 0 Å². The van der Waals surface area contributed by atoms with Gasteiger partial charge in [0.2, 0.25) is 0 Å². The van der Waals surface area contributed by atoms with Crippen LogP contribution in [-0.4, -0.2) is 21.8 Å². The molecule has 2 aromatic rings. The Morgan fingerprint density at radius 2 is 2.12 bits per heavy atom.